The summed E-state index contributed by atoms with van der Waals surface area (Å²) in [7, 11) is -2.11. The van der Waals surface area contributed by atoms with Gasteiger partial charge in [0, 0.05) is 6.04 Å². The molecule has 1 unspecified atom stereocenters. The van der Waals surface area contributed by atoms with Gasteiger partial charge in [-0.2, -0.15) is 4.72 Å². The van der Waals surface area contributed by atoms with Gasteiger partial charge in [-0.25, -0.2) is 8.42 Å². The number of hydrogen-bond donors (Lipinski definition) is 2. The summed E-state index contributed by atoms with van der Waals surface area (Å²) in [5.74, 6) is 0.177. The molecule has 2 N–H and O–H groups in total. The number of carbonyl (C=O) groups is 1. The SMILES string of the molecule is COc1cccc(CCS(=O)(=O)NC(C(=O)NC(C)C)c2ccccc2)c1. The molecule has 0 heterocycles. The zero-order chi connectivity index (χ0) is 19.9. The molecular weight excluding hydrogens is 364 g/mol. The van der Waals surface area contributed by atoms with Crippen LogP contribution in [0, 0.1) is 0 Å². The molecule has 0 aliphatic rings. The number of methoxy groups -OCH3 is 1. The number of carbonyl (C=O) groups excluding carboxylic acids is 1. The van der Waals surface area contributed by atoms with Crippen molar-refractivity contribution in [1.82, 2.24) is 10.0 Å². The van der Waals surface area contributed by atoms with Gasteiger partial charge < -0.3 is 10.1 Å². The van der Waals surface area contributed by atoms with Crippen LogP contribution in [0.25, 0.3) is 0 Å². The fourth-order valence-electron chi connectivity index (χ4n) is 2.60. The Kier molecular flexibility index (Phi) is 7.38. The fourth-order valence-corrected chi connectivity index (χ4v) is 3.83. The largest absolute Gasteiger partial charge is 0.497 e. The molecule has 27 heavy (non-hydrogen) atoms. The van der Waals surface area contributed by atoms with Crippen LogP contribution >= 0.6 is 0 Å². The highest BCUT2D eigenvalue weighted by Crippen LogP contribution is 2.16. The lowest BCUT2D eigenvalue weighted by Crippen LogP contribution is -2.43. The average molecular weight is 391 g/mol. The Morgan fingerprint density at radius 1 is 1.07 bits per heavy atom. The van der Waals surface area contributed by atoms with Crippen LogP contribution in [0.4, 0.5) is 0 Å². The highest BCUT2D eigenvalue weighted by atomic mass is 32.2. The second kappa shape index (κ2) is 9.53. The van der Waals surface area contributed by atoms with Crippen molar-refractivity contribution >= 4 is 15.9 Å². The van der Waals surface area contributed by atoms with E-state index in [9.17, 15) is 13.2 Å². The Labute approximate surface area is 161 Å². The first-order valence-corrected chi connectivity index (χ1v) is 10.4. The predicted octanol–water partition coefficient (Wildman–Crippen LogP) is 2.42. The highest BCUT2D eigenvalue weighted by molar-refractivity contribution is 7.89. The summed E-state index contributed by atoms with van der Waals surface area (Å²) in [6.07, 6.45) is 0.319. The van der Waals surface area contributed by atoms with E-state index in [0.717, 1.165) is 5.56 Å². The predicted molar refractivity (Wildman–Crippen MR) is 106 cm³/mol. The lowest BCUT2D eigenvalue weighted by molar-refractivity contribution is -0.123. The third-order valence-corrected chi connectivity index (χ3v) is 5.25. The van der Waals surface area contributed by atoms with Crippen molar-refractivity contribution in [2.45, 2.75) is 32.4 Å². The quantitative estimate of drug-likeness (QED) is 0.689. The van der Waals surface area contributed by atoms with Gasteiger partial charge in [0.05, 0.1) is 12.9 Å². The van der Waals surface area contributed by atoms with Gasteiger partial charge in [0.2, 0.25) is 15.9 Å². The van der Waals surface area contributed by atoms with Crippen LogP contribution < -0.4 is 14.8 Å². The summed E-state index contributed by atoms with van der Waals surface area (Å²) in [6.45, 7) is 3.66. The molecule has 0 aromatic heterocycles. The van der Waals surface area contributed by atoms with Gasteiger partial charge in [0.25, 0.3) is 0 Å². The van der Waals surface area contributed by atoms with Gasteiger partial charge in [0.15, 0.2) is 0 Å². The fraction of sp³-hybridized carbons (Fsp3) is 0.350. The maximum atomic E-state index is 12.6. The number of sulfonamides is 1. The third-order valence-electron chi connectivity index (χ3n) is 3.92. The van der Waals surface area contributed by atoms with Crippen molar-refractivity contribution in [2.75, 3.05) is 12.9 Å². The van der Waals surface area contributed by atoms with Gasteiger partial charge in [-0.15, -0.1) is 0 Å². The molecule has 0 bridgehead atoms. The zero-order valence-electron chi connectivity index (χ0n) is 15.8. The lowest BCUT2D eigenvalue weighted by atomic mass is 10.1. The summed E-state index contributed by atoms with van der Waals surface area (Å²) >= 11 is 0. The highest BCUT2D eigenvalue weighted by Gasteiger charge is 2.26. The summed E-state index contributed by atoms with van der Waals surface area (Å²) in [5.41, 5.74) is 1.45. The van der Waals surface area contributed by atoms with Gasteiger partial charge >= 0.3 is 0 Å². The minimum absolute atomic E-state index is 0.0926. The molecule has 2 aromatic carbocycles. The van der Waals surface area contributed by atoms with Crippen LogP contribution in [0.15, 0.2) is 54.6 Å². The van der Waals surface area contributed by atoms with Gasteiger partial charge in [-0.1, -0.05) is 42.5 Å². The minimum atomic E-state index is -3.68. The number of benzene rings is 2. The maximum absolute atomic E-state index is 12.6. The molecule has 0 saturated heterocycles. The number of hydrogen-bond acceptors (Lipinski definition) is 4. The van der Waals surface area contributed by atoms with E-state index >= 15 is 0 Å². The van der Waals surface area contributed by atoms with Crippen LogP contribution in [0.1, 0.15) is 31.0 Å². The number of amides is 1. The Hall–Kier alpha value is -2.38. The number of rotatable bonds is 9. The second-order valence-electron chi connectivity index (χ2n) is 6.55. The summed E-state index contributed by atoms with van der Waals surface area (Å²) in [4.78, 5) is 12.5. The minimum Gasteiger partial charge on any atom is -0.497 e. The lowest BCUT2D eigenvalue weighted by Gasteiger charge is -2.20. The first kappa shape index (κ1) is 20.9. The maximum Gasteiger partial charge on any atom is 0.242 e. The van der Waals surface area contributed by atoms with E-state index in [1.54, 1.807) is 43.5 Å². The van der Waals surface area contributed by atoms with Crippen LogP contribution in [-0.2, 0) is 21.2 Å². The number of nitrogens with one attached hydrogen (secondary N) is 2. The standard InChI is InChI=1S/C20H26N2O4S/c1-15(2)21-20(23)19(17-9-5-4-6-10-17)22-27(24,25)13-12-16-8-7-11-18(14-16)26-3/h4-11,14-15,19,22H,12-13H2,1-3H3,(H,21,23). The van der Waals surface area contributed by atoms with Crippen molar-refractivity contribution in [2.24, 2.45) is 0 Å². The molecule has 6 nitrogen and oxygen atoms in total. The molecule has 0 aliphatic heterocycles. The zero-order valence-corrected chi connectivity index (χ0v) is 16.6. The molecule has 0 saturated carbocycles. The molecule has 1 amide bonds. The van der Waals surface area contributed by atoms with Crippen LogP contribution in [0.3, 0.4) is 0 Å². The average Bonchev–Trinajstić information content (AvgIpc) is 2.65. The van der Waals surface area contributed by atoms with E-state index < -0.39 is 16.1 Å². The summed E-state index contributed by atoms with van der Waals surface area (Å²) in [5, 5.41) is 2.77. The summed E-state index contributed by atoms with van der Waals surface area (Å²) < 4.78 is 32.9. The molecule has 0 fully saturated rings. The molecule has 0 aliphatic carbocycles. The molecule has 2 aromatic rings. The van der Waals surface area contributed by atoms with Crippen molar-refractivity contribution in [3.8, 4) is 5.75 Å². The van der Waals surface area contributed by atoms with E-state index in [0.29, 0.717) is 17.7 Å². The Bertz CT molecular complexity index is 851. The van der Waals surface area contributed by atoms with Gasteiger partial charge in [-0.05, 0) is 43.5 Å². The van der Waals surface area contributed by atoms with E-state index in [1.165, 1.54) is 0 Å². The molecule has 1 atom stereocenters. The Morgan fingerprint density at radius 2 is 1.78 bits per heavy atom. The molecule has 0 spiro atoms. The van der Waals surface area contributed by atoms with E-state index in [1.807, 2.05) is 32.0 Å². The first-order chi connectivity index (χ1) is 12.8. The number of aryl methyl sites for hydroxylation is 1. The normalized spacial score (nSPS) is 12.6. The van der Waals surface area contributed by atoms with E-state index in [-0.39, 0.29) is 17.7 Å². The van der Waals surface area contributed by atoms with Gasteiger partial charge in [0.1, 0.15) is 11.8 Å². The van der Waals surface area contributed by atoms with E-state index in [2.05, 4.69) is 10.0 Å². The van der Waals surface area contributed by atoms with Crippen LogP contribution in [0.5, 0.6) is 5.75 Å². The molecular formula is C20H26N2O4S. The molecule has 0 radical (unpaired) electrons. The van der Waals surface area contributed by atoms with Crippen molar-refractivity contribution in [3.63, 3.8) is 0 Å². The Morgan fingerprint density at radius 3 is 2.41 bits per heavy atom. The van der Waals surface area contributed by atoms with Crippen molar-refractivity contribution in [3.05, 3.63) is 65.7 Å². The van der Waals surface area contributed by atoms with Gasteiger partial charge in [-0.3, -0.25) is 4.79 Å². The van der Waals surface area contributed by atoms with Crippen molar-refractivity contribution in [1.29, 1.82) is 0 Å². The third kappa shape index (κ3) is 6.69. The molecule has 146 valence electrons. The van der Waals surface area contributed by atoms with E-state index in [4.69, 9.17) is 4.74 Å². The van der Waals surface area contributed by atoms with Crippen LogP contribution in [-0.4, -0.2) is 33.2 Å². The van der Waals surface area contributed by atoms with Crippen molar-refractivity contribution < 1.29 is 17.9 Å². The summed E-state index contributed by atoms with van der Waals surface area (Å²) in [6, 6.07) is 15.0. The topological polar surface area (TPSA) is 84.5 Å². The Balaban J connectivity index is 2.13. The second-order valence-corrected chi connectivity index (χ2v) is 8.42. The van der Waals surface area contributed by atoms with Crippen LogP contribution in [0.2, 0.25) is 0 Å². The first-order valence-electron chi connectivity index (χ1n) is 8.79. The molecule has 7 heteroatoms. The monoisotopic (exact) mass is 390 g/mol. The molecule has 2 rings (SSSR count). The smallest absolute Gasteiger partial charge is 0.242 e. The number of ether oxygens (including phenoxy) is 1.